The van der Waals surface area contributed by atoms with Gasteiger partial charge in [0.1, 0.15) is 0 Å². The zero-order chi connectivity index (χ0) is 10.5. The van der Waals surface area contributed by atoms with Crippen LogP contribution in [0.4, 0.5) is 0 Å². The number of rotatable bonds is 3. The van der Waals surface area contributed by atoms with Crippen molar-refractivity contribution in [2.45, 2.75) is 44.7 Å². The highest BCUT2D eigenvalue weighted by Gasteiger charge is 2.26. The molecular formula is C12H24N2O. The van der Waals surface area contributed by atoms with Gasteiger partial charge in [0.15, 0.2) is 0 Å². The van der Waals surface area contributed by atoms with Gasteiger partial charge in [0.25, 0.3) is 0 Å². The molecule has 88 valence electrons. The van der Waals surface area contributed by atoms with Crippen molar-refractivity contribution in [3.8, 4) is 0 Å². The molecule has 0 saturated carbocycles. The first-order valence-corrected chi connectivity index (χ1v) is 6.45. The van der Waals surface area contributed by atoms with E-state index < -0.39 is 0 Å². The molecule has 0 aromatic carbocycles. The second-order valence-electron chi connectivity index (χ2n) is 4.78. The van der Waals surface area contributed by atoms with Gasteiger partial charge in [-0.2, -0.15) is 0 Å². The van der Waals surface area contributed by atoms with Crippen LogP contribution in [-0.2, 0) is 4.74 Å². The van der Waals surface area contributed by atoms with Crippen molar-refractivity contribution in [3.05, 3.63) is 0 Å². The lowest BCUT2D eigenvalue weighted by molar-refractivity contribution is 0.0229. The summed E-state index contributed by atoms with van der Waals surface area (Å²) in [5, 5.41) is 3.62. The molecule has 0 radical (unpaired) electrons. The summed E-state index contributed by atoms with van der Waals surface area (Å²) < 4.78 is 5.42. The standard InChI is InChI=1S/C12H24N2O/c1-2-3-11-10-14(7-6-13-11)12-4-8-15-9-5-12/h11-13H,2-10H2,1H3. The van der Waals surface area contributed by atoms with Crippen molar-refractivity contribution in [3.63, 3.8) is 0 Å². The highest BCUT2D eigenvalue weighted by Crippen LogP contribution is 2.17. The lowest BCUT2D eigenvalue weighted by atomic mass is 10.0. The minimum Gasteiger partial charge on any atom is -0.381 e. The summed E-state index contributed by atoms with van der Waals surface area (Å²) in [6.07, 6.45) is 5.08. The summed E-state index contributed by atoms with van der Waals surface area (Å²) in [7, 11) is 0. The van der Waals surface area contributed by atoms with Crippen molar-refractivity contribution in [1.82, 2.24) is 10.2 Å². The zero-order valence-electron chi connectivity index (χ0n) is 9.87. The minimum atomic E-state index is 0.728. The predicted octanol–water partition coefficient (Wildman–Crippen LogP) is 1.24. The normalized spacial score (nSPS) is 30.6. The number of nitrogens with zero attached hydrogens (tertiary/aromatic N) is 1. The van der Waals surface area contributed by atoms with Crippen molar-refractivity contribution >= 4 is 0 Å². The first-order chi connectivity index (χ1) is 7.40. The molecule has 0 spiro atoms. The molecule has 1 atom stereocenters. The fourth-order valence-corrected chi connectivity index (χ4v) is 2.77. The van der Waals surface area contributed by atoms with Gasteiger partial charge in [0.2, 0.25) is 0 Å². The minimum absolute atomic E-state index is 0.728. The van der Waals surface area contributed by atoms with E-state index in [4.69, 9.17) is 4.74 Å². The van der Waals surface area contributed by atoms with Crippen molar-refractivity contribution in [2.24, 2.45) is 0 Å². The monoisotopic (exact) mass is 212 g/mol. The number of piperazine rings is 1. The lowest BCUT2D eigenvalue weighted by Gasteiger charge is -2.40. The first kappa shape index (κ1) is 11.4. The lowest BCUT2D eigenvalue weighted by Crippen LogP contribution is -2.54. The summed E-state index contributed by atoms with van der Waals surface area (Å²) in [6, 6.07) is 1.52. The average Bonchev–Trinajstić information content (AvgIpc) is 2.31. The quantitative estimate of drug-likeness (QED) is 0.762. The summed E-state index contributed by atoms with van der Waals surface area (Å²) >= 11 is 0. The molecule has 0 aromatic heterocycles. The number of hydrogen-bond acceptors (Lipinski definition) is 3. The SMILES string of the molecule is CCCC1CN(C2CCOCC2)CCN1. The molecule has 1 unspecified atom stereocenters. The van der Waals surface area contributed by atoms with E-state index in [0.29, 0.717) is 0 Å². The second kappa shape index (κ2) is 5.83. The van der Waals surface area contributed by atoms with Gasteiger partial charge in [-0.25, -0.2) is 0 Å². The van der Waals surface area contributed by atoms with Crippen LogP contribution < -0.4 is 5.32 Å². The van der Waals surface area contributed by atoms with Crippen molar-refractivity contribution in [2.75, 3.05) is 32.8 Å². The van der Waals surface area contributed by atoms with Crippen LogP contribution in [0.5, 0.6) is 0 Å². The van der Waals surface area contributed by atoms with Gasteiger partial charge in [0, 0.05) is 44.9 Å². The third-order valence-electron chi connectivity index (χ3n) is 3.63. The van der Waals surface area contributed by atoms with Crippen LogP contribution in [0.2, 0.25) is 0 Å². The highest BCUT2D eigenvalue weighted by atomic mass is 16.5. The Morgan fingerprint density at radius 1 is 1.33 bits per heavy atom. The van der Waals surface area contributed by atoms with Crippen LogP contribution >= 0.6 is 0 Å². The van der Waals surface area contributed by atoms with Crippen LogP contribution in [0.25, 0.3) is 0 Å². The van der Waals surface area contributed by atoms with Crippen molar-refractivity contribution in [1.29, 1.82) is 0 Å². The molecule has 15 heavy (non-hydrogen) atoms. The molecule has 3 heteroatoms. The number of nitrogens with one attached hydrogen (secondary N) is 1. The summed E-state index contributed by atoms with van der Waals surface area (Å²) in [6.45, 7) is 7.85. The molecule has 0 bridgehead atoms. The van der Waals surface area contributed by atoms with E-state index in [1.54, 1.807) is 0 Å². The van der Waals surface area contributed by atoms with E-state index in [2.05, 4.69) is 17.1 Å². The Bertz CT molecular complexity index is 178. The molecule has 0 aliphatic carbocycles. The Morgan fingerprint density at radius 3 is 2.87 bits per heavy atom. The molecular weight excluding hydrogens is 188 g/mol. The van der Waals surface area contributed by atoms with Gasteiger partial charge in [0.05, 0.1) is 0 Å². The van der Waals surface area contributed by atoms with E-state index in [0.717, 1.165) is 25.3 Å². The van der Waals surface area contributed by atoms with Crippen LogP contribution in [0.1, 0.15) is 32.6 Å². The zero-order valence-corrected chi connectivity index (χ0v) is 9.87. The topological polar surface area (TPSA) is 24.5 Å². The Balaban J connectivity index is 1.80. The fraction of sp³-hybridized carbons (Fsp3) is 1.00. The smallest absolute Gasteiger partial charge is 0.0480 e. The third-order valence-corrected chi connectivity index (χ3v) is 3.63. The first-order valence-electron chi connectivity index (χ1n) is 6.45. The van der Waals surface area contributed by atoms with Gasteiger partial charge in [-0.1, -0.05) is 13.3 Å². The Kier molecular flexibility index (Phi) is 4.42. The maximum Gasteiger partial charge on any atom is 0.0480 e. The van der Waals surface area contributed by atoms with Crippen LogP contribution in [0.15, 0.2) is 0 Å². The maximum absolute atomic E-state index is 5.42. The molecule has 0 amide bonds. The summed E-state index contributed by atoms with van der Waals surface area (Å²) in [5.74, 6) is 0. The van der Waals surface area contributed by atoms with Crippen LogP contribution in [-0.4, -0.2) is 49.8 Å². The maximum atomic E-state index is 5.42. The summed E-state index contributed by atoms with van der Waals surface area (Å²) in [5.41, 5.74) is 0. The van der Waals surface area contributed by atoms with Gasteiger partial charge < -0.3 is 10.1 Å². The Labute approximate surface area is 93.2 Å². The molecule has 2 aliphatic heterocycles. The molecule has 2 fully saturated rings. The Morgan fingerprint density at radius 2 is 2.13 bits per heavy atom. The highest BCUT2D eigenvalue weighted by molar-refractivity contribution is 4.83. The molecule has 2 rings (SSSR count). The Hall–Kier alpha value is -0.120. The van der Waals surface area contributed by atoms with E-state index in [9.17, 15) is 0 Å². The molecule has 2 saturated heterocycles. The van der Waals surface area contributed by atoms with Gasteiger partial charge in [-0.15, -0.1) is 0 Å². The molecule has 1 N–H and O–H groups in total. The largest absolute Gasteiger partial charge is 0.381 e. The number of ether oxygens (including phenoxy) is 1. The second-order valence-corrected chi connectivity index (χ2v) is 4.78. The predicted molar refractivity (Wildman–Crippen MR) is 62.1 cm³/mol. The molecule has 2 heterocycles. The van der Waals surface area contributed by atoms with Gasteiger partial charge in [-0.3, -0.25) is 4.90 Å². The third kappa shape index (κ3) is 3.16. The van der Waals surface area contributed by atoms with E-state index >= 15 is 0 Å². The van der Waals surface area contributed by atoms with Crippen molar-refractivity contribution < 1.29 is 4.74 Å². The van der Waals surface area contributed by atoms with Gasteiger partial charge >= 0.3 is 0 Å². The fourth-order valence-electron chi connectivity index (χ4n) is 2.77. The number of hydrogen-bond donors (Lipinski definition) is 1. The molecule has 3 nitrogen and oxygen atoms in total. The average molecular weight is 212 g/mol. The van der Waals surface area contributed by atoms with E-state index in [1.165, 1.54) is 45.3 Å². The van der Waals surface area contributed by atoms with Gasteiger partial charge in [-0.05, 0) is 19.3 Å². The molecule has 2 aliphatic rings. The van der Waals surface area contributed by atoms with Crippen LogP contribution in [0.3, 0.4) is 0 Å². The summed E-state index contributed by atoms with van der Waals surface area (Å²) in [4.78, 5) is 2.68. The van der Waals surface area contributed by atoms with E-state index in [1.807, 2.05) is 0 Å². The van der Waals surface area contributed by atoms with E-state index in [-0.39, 0.29) is 0 Å². The molecule has 0 aromatic rings. The van der Waals surface area contributed by atoms with Crippen LogP contribution in [0, 0.1) is 0 Å².